The Bertz CT molecular complexity index is 380. The maximum atomic E-state index is 13.2. The molecule has 1 aromatic rings. The van der Waals surface area contributed by atoms with E-state index in [1.54, 1.807) is 12.1 Å². The summed E-state index contributed by atoms with van der Waals surface area (Å²) in [6.07, 6.45) is 1.16. The predicted molar refractivity (Wildman–Crippen MR) is 76.1 cm³/mol. The van der Waals surface area contributed by atoms with Crippen molar-refractivity contribution in [1.29, 1.82) is 0 Å². The van der Waals surface area contributed by atoms with E-state index in [-0.39, 0.29) is 5.82 Å². The van der Waals surface area contributed by atoms with Crippen LogP contribution < -0.4 is 10.2 Å². The average Bonchev–Trinajstić information content (AvgIpc) is 2.92. The lowest BCUT2D eigenvalue weighted by Crippen LogP contribution is -2.34. The molecule has 19 heavy (non-hydrogen) atoms. The van der Waals surface area contributed by atoms with Crippen molar-refractivity contribution in [3.05, 3.63) is 30.1 Å². The summed E-state index contributed by atoms with van der Waals surface area (Å²) in [5.74, 6) is 0.483. The summed E-state index contributed by atoms with van der Waals surface area (Å²) in [5, 5.41) is 3.46. The zero-order chi connectivity index (χ0) is 13.5. The number of rotatable bonds is 7. The molecule has 1 aromatic carbocycles. The minimum absolute atomic E-state index is 0.174. The van der Waals surface area contributed by atoms with E-state index in [0.29, 0.717) is 5.92 Å². The smallest absolute Gasteiger partial charge is 0.125 e. The van der Waals surface area contributed by atoms with E-state index < -0.39 is 0 Å². The highest BCUT2D eigenvalue weighted by molar-refractivity contribution is 5.46. The molecule has 0 spiro atoms. The first-order chi connectivity index (χ1) is 9.29. The fourth-order valence-electron chi connectivity index (χ4n) is 2.41. The van der Waals surface area contributed by atoms with Gasteiger partial charge < -0.3 is 15.0 Å². The van der Waals surface area contributed by atoms with Crippen LogP contribution in [-0.2, 0) is 4.74 Å². The largest absolute Gasteiger partial charge is 0.381 e. The summed E-state index contributed by atoms with van der Waals surface area (Å²) < 4.78 is 18.5. The zero-order valence-corrected chi connectivity index (χ0v) is 11.6. The Kier molecular flexibility index (Phi) is 5.61. The molecule has 0 aromatic heterocycles. The van der Waals surface area contributed by atoms with E-state index in [1.807, 2.05) is 6.07 Å². The Labute approximate surface area is 114 Å². The van der Waals surface area contributed by atoms with Crippen LogP contribution in [0.4, 0.5) is 10.1 Å². The van der Waals surface area contributed by atoms with Crippen molar-refractivity contribution in [1.82, 2.24) is 5.32 Å². The lowest BCUT2D eigenvalue weighted by molar-refractivity contribution is 0.185. The summed E-state index contributed by atoms with van der Waals surface area (Å²) in [4.78, 5) is 2.18. The number of ether oxygens (including phenoxy) is 1. The van der Waals surface area contributed by atoms with Gasteiger partial charge in [-0.15, -0.1) is 0 Å². The maximum Gasteiger partial charge on any atom is 0.125 e. The molecule has 3 nitrogen and oxygen atoms in total. The van der Waals surface area contributed by atoms with Gasteiger partial charge in [-0.2, -0.15) is 0 Å². The minimum atomic E-state index is -0.174. The van der Waals surface area contributed by atoms with Gasteiger partial charge in [-0.3, -0.25) is 0 Å². The number of hydrogen-bond donors (Lipinski definition) is 1. The van der Waals surface area contributed by atoms with E-state index in [1.165, 1.54) is 6.07 Å². The summed E-state index contributed by atoms with van der Waals surface area (Å²) in [6.45, 7) is 7.59. The molecule has 0 aliphatic carbocycles. The van der Waals surface area contributed by atoms with Crippen LogP contribution in [0.25, 0.3) is 0 Å². The van der Waals surface area contributed by atoms with Gasteiger partial charge in [0.15, 0.2) is 0 Å². The summed E-state index contributed by atoms with van der Waals surface area (Å²) in [5.41, 5.74) is 0.952. The molecule has 1 saturated heterocycles. The Morgan fingerprint density at radius 2 is 2.37 bits per heavy atom. The standard InChI is InChI=1S/C15H23FN2O/c1-2-18(15-5-3-4-14(16)10-15)8-7-17-11-13-6-9-19-12-13/h3-5,10,13,17H,2,6-9,11-12H2,1H3. The van der Waals surface area contributed by atoms with E-state index in [9.17, 15) is 4.39 Å². The maximum absolute atomic E-state index is 13.2. The monoisotopic (exact) mass is 266 g/mol. The van der Waals surface area contributed by atoms with Gasteiger partial charge in [-0.1, -0.05) is 6.07 Å². The van der Waals surface area contributed by atoms with Gasteiger partial charge >= 0.3 is 0 Å². The van der Waals surface area contributed by atoms with Crippen molar-refractivity contribution in [3.63, 3.8) is 0 Å². The summed E-state index contributed by atoms with van der Waals surface area (Å²) >= 11 is 0. The van der Waals surface area contributed by atoms with Crippen molar-refractivity contribution in [2.24, 2.45) is 5.92 Å². The number of nitrogens with zero attached hydrogens (tertiary/aromatic N) is 1. The van der Waals surface area contributed by atoms with E-state index in [2.05, 4.69) is 17.1 Å². The van der Waals surface area contributed by atoms with Crippen molar-refractivity contribution in [2.45, 2.75) is 13.3 Å². The molecule has 106 valence electrons. The Hall–Kier alpha value is -1.13. The molecule has 1 aliphatic rings. The average molecular weight is 266 g/mol. The van der Waals surface area contributed by atoms with Crippen molar-refractivity contribution in [3.8, 4) is 0 Å². The van der Waals surface area contributed by atoms with Crippen LogP contribution in [0.3, 0.4) is 0 Å². The third kappa shape index (κ3) is 4.48. The topological polar surface area (TPSA) is 24.5 Å². The van der Waals surface area contributed by atoms with E-state index >= 15 is 0 Å². The van der Waals surface area contributed by atoms with Crippen LogP contribution in [0.1, 0.15) is 13.3 Å². The van der Waals surface area contributed by atoms with Crippen molar-refractivity contribution < 1.29 is 9.13 Å². The SMILES string of the molecule is CCN(CCNCC1CCOC1)c1cccc(F)c1. The van der Waals surface area contributed by atoms with Gasteiger partial charge in [-0.05, 0) is 37.5 Å². The quantitative estimate of drug-likeness (QED) is 0.766. The summed E-state index contributed by atoms with van der Waals surface area (Å²) in [7, 11) is 0. The molecule has 0 amide bonds. The third-order valence-corrected chi connectivity index (χ3v) is 3.57. The van der Waals surface area contributed by atoms with Gasteiger partial charge in [-0.25, -0.2) is 4.39 Å². The fourth-order valence-corrected chi connectivity index (χ4v) is 2.41. The van der Waals surface area contributed by atoms with Gasteiger partial charge in [0.2, 0.25) is 0 Å². The molecule has 1 heterocycles. The van der Waals surface area contributed by atoms with Crippen molar-refractivity contribution >= 4 is 5.69 Å². The van der Waals surface area contributed by atoms with Gasteiger partial charge in [0.1, 0.15) is 5.82 Å². The number of hydrogen-bond acceptors (Lipinski definition) is 3. The molecule has 2 rings (SSSR count). The lowest BCUT2D eigenvalue weighted by atomic mass is 10.1. The van der Waals surface area contributed by atoms with Gasteiger partial charge in [0.25, 0.3) is 0 Å². The normalized spacial score (nSPS) is 18.7. The van der Waals surface area contributed by atoms with Crippen LogP contribution >= 0.6 is 0 Å². The minimum Gasteiger partial charge on any atom is -0.381 e. The van der Waals surface area contributed by atoms with Crippen molar-refractivity contribution in [2.75, 3.05) is 44.3 Å². The number of anilines is 1. The first-order valence-corrected chi connectivity index (χ1v) is 7.08. The molecule has 1 aliphatic heterocycles. The molecule has 4 heteroatoms. The summed E-state index contributed by atoms with van der Waals surface area (Å²) in [6, 6.07) is 6.79. The number of likely N-dealkylation sites (N-methyl/N-ethyl adjacent to an activating group) is 1. The predicted octanol–water partition coefficient (Wildman–Crippen LogP) is 2.28. The van der Waals surface area contributed by atoms with Crippen LogP contribution in [-0.4, -0.2) is 39.4 Å². The van der Waals surface area contributed by atoms with Crippen LogP contribution in [0.5, 0.6) is 0 Å². The zero-order valence-electron chi connectivity index (χ0n) is 11.6. The Balaban J connectivity index is 1.73. The second-order valence-electron chi connectivity index (χ2n) is 4.99. The fraction of sp³-hybridized carbons (Fsp3) is 0.600. The first kappa shape index (κ1) is 14.3. The van der Waals surface area contributed by atoms with E-state index in [0.717, 1.165) is 51.5 Å². The Morgan fingerprint density at radius 1 is 1.47 bits per heavy atom. The molecule has 0 bridgehead atoms. The lowest BCUT2D eigenvalue weighted by Gasteiger charge is -2.23. The Morgan fingerprint density at radius 3 is 3.05 bits per heavy atom. The second-order valence-corrected chi connectivity index (χ2v) is 4.99. The number of halogens is 1. The molecular formula is C15H23FN2O. The molecule has 1 atom stereocenters. The van der Waals surface area contributed by atoms with Crippen LogP contribution in [0, 0.1) is 11.7 Å². The molecular weight excluding hydrogens is 243 g/mol. The van der Waals surface area contributed by atoms with Gasteiger partial charge in [0.05, 0.1) is 6.61 Å². The molecule has 1 N–H and O–H groups in total. The second kappa shape index (κ2) is 7.46. The highest BCUT2D eigenvalue weighted by Gasteiger charge is 2.14. The molecule has 0 radical (unpaired) electrons. The third-order valence-electron chi connectivity index (χ3n) is 3.57. The number of nitrogens with one attached hydrogen (secondary N) is 1. The highest BCUT2D eigenvalue weighted by atomic mass is 19.1. The van der Waals surface area contributed by atoms with E-state index in [4.69, 9.17) is 4.74 Å². The van der Waals surface area contributed by atoms with Crippen LogP contribution in [0.15, 0.2) is 24.3 Å². The highest BCUT2D eigenvalue weighted by Crippen LogP contribution is 2.15. The molecule has 0 saturated carbocycles. The number of benzene rings is 1. The van der Waals surface area contributed by atoms with Crippen LogP contribution in [0.2, 0.25) is 0 Å². The first-order valence-electron chi connectivity index (χ1n) is 7.08. The van der Waals surface area contributed by atoms with Gasteiger partial charge in [0, 0.05) is 38.5 Å². The molecule has 1 unspecified atom stereocenters. The molecule has 1 fully saturated rings.